The molecule has 1 aromatic rings. The third-order valence-electron chi connectivity index (χ3n) is 4.12. The molecule has 1 aromatic carbocycles. The second-order valence-electron chi connectivity index (χ2n) is 5.60. The van der Waals surface area contributed by atoms with Crippen molar-refractivity contribution in [3.05, 3.63) is 29.8 Å². The molecule has 1 aliphatic rings. The molecule has 0 unspecified atom stereocenters. The first-order valence-corrected chi connectivity index (χ1v) is 7.51. The zero-order valence-electron chi connectivity index (χ0n) is 12.1. The van der Waals surface area contributed by atoms with E-state index in [0.29, 0.717) is 5.75 Å². The van der Waals surface area contributed by atoms with Crippen molar-refractivity contribution < 1.29 is 9.53 Å². The van der Waals surface area contributed by atoms with E-state index in [4.69, 9.17) is 11.2 Å². The molecule has 0 N–H and O–H groups in total. The fourth-order valence-electron chi connectivity index (χ4n) is 2.91. The van der Waals surface area contributed by atoms with E-state index >= 15 is 0 Å². The van der Waals surface area contributed by atoms with Gasteiger partial charge in [0.05, 0.1) is 5.92 Å². The number of hydrogen-bond acceptors (Lipinski definition) is 2. The van der Waals surface area contributed by atoms with Gasteiger partial charge in [0.15, 0.2) is 0 Å². The fourth-order valence-corrected chi connectivity index (χ4v) is 2.91. The van der Waals surface area contributed by atoms with Crippen LogP contribution in [0.4, 0.5) is 0 Å². The summed E-state index contributed by atoms with van der Waals surface area (Å²) >= 11 is 0. The lowest BCUT2D eigenvalue weighted by Gasteiger charge is -2.26. The third kappa shape index (κ3) is 3.87. The normalized spacial score (nSPS) is 22.0. The van der Waals surface area contributed by atoms with E-state index in [1.165, 1.54) is 12.8 Å². The number of carbonyl (C=O) groups is 1. The molecule has 1 aliphatic carbocycles. The summed E-state index contributed by atoms with van der Waals surface area (Å²) in [7, 11) is 0. The number of ether oxygens (including phenoxy) is 1. The van der Waals surface area contributed by atoms with Crippen LogP contribution in [-0.2, 0) is 4.79 Å². The average molecular weight is 270 g/mol. The largest absolute Gasteiger partial charge is 0.426 e. The van der Waals surface area contributed by atoms with Gasteiger partial charge in [0.25, 0.3) is 0 Å². The van der Waals surface area contributed by atoms with E-state index in [2.05, 4.69) is 12.8 Å². The van der Waals surface area contributed by atoms with Crippen LogP contribution in [0.15, 0.2) is 24.3 Å². The minimum absolute atomic E-state index is 0.0652. The number of rotatable bonds is 4. The van der Waals surface area contributed by atoms with Crippen molar-refractivity contribution in [2.75, 3.05) is 0 Å². The van der Waals surface area contributed by atoms with Crippen LogP contribution in [0.5, 0.6) is 5.75 Å². The molecular formula is C18H22O2. The Balaban J connectivity index is 1.84. The minimum atomic E-state index is -0.0894. The van der Waals surface area contributed by atoms with Crippen LogP contribution in [-0.4, -0.2) is 5.97 Å². The summed E-state index contributed by atoms with van der Waals surface area (Å²) in [5, 5.41) is 0. The summed E-state index contributed by atoms with van der Waals surface area (Å²) < 4.78 is 5.44. The van der Waals surface area contributed by atoms with Crippen LogP contribution < -0.4 is 4.74 Å². The molecule has 106 valence electrons. The molecule has 0 heterocycles. The summed E-state index contributed by atoms with van der Waals surface area (Å²) in [5.41, 5.74) is 0.796. The first kappa shape index (κ1) is 14.7. The molecular weight excluding hydrogens is 248 g/mol. The number of carbonyl (C=O) groups excluding carboxylic acids is 1. The van der Waals surface area contributed by atoms with E-state index in [0.717, 1.165) is 37.2 Å². The first-order valence-electron chi connectivity index (χ1n) is 7.51. The van der Waals surface area contributed by atoms with Crippen LogP contribution in [0.2, 0.25) is 0 Å². The first-order chi connectivity index (χ1) is 9.72. The van der Waals surface area contributed by atoms with Crippen molar-refractivity contribution >= 4 is 5.97 Å². The molecule has 2 nitrogen and oxygen atoms in total. The third-order valence-corrected chi connectivity index (χ3v) is 4.12. The molecule has 2 rings (SSSR count). The monoisotopic (exact) mass is 270 g/mol. The Bertz CT molecular complexity index is 473. The predicted molar refractivity (Wildman–Crippen MR) is 80.4 cm³/mol. The molecule has 2 heteroatoms. The lowest BCUT2D eigenvalue weighted by molar-refractivity contribution is -0.140. The standard InChI is InChI=1S/C18H22O2/c1-3-5-15-6-10-16(11-7-15)18(19)20-17-12-8-14(4-2)9-13-17/h2,8-9,12-13,15-16H,3,5-7,10-11H2,1H3. The second kappa shape index (κ2) is 7.14. The molecule has 0 bridgehead atoms. The lowest BCUT2D eigenvalue weighted by Crippen LogP contribution is -2.25. The van der Waals surface area contributed by atoms with Crippen molar-refractivity contribution in [3.63, 3.8) is 0 Å². The molecule has 0 amide bonds. The Kier molecular flexibility index (Phi) is 5.24. The Hall–Kier alpha value is -1.75. The zero-order chi connectivity index (χ0) is 14.4. The van der Waals surface area contributed by atoms with E-state index in [9.17, 15) is 4.79 Å². The van der Waals surface area contributed by atoms with Crippen molar-refractivity contribution in [2.45, 2.75) is 45.4 Å². The zero-order valence-corrected chi connectivity index (χ0v) is 12.1. The van der Waals surface area contributed by atoms with Crippen LogP contribution in [0.25, 0.3) is 0 Å². The molecule has 20 heavy (non-hydrogen) atoms. The van der Waals surface area contributed by atoms with E-state index in [1.54, 1.807) is 24.3 Å². The van der Waals surface area contributed by atoms with Gasteiger partial charge in [-0.25, -0.2) is 0 Å². The lowest BCUT2D eigenvalue weighted by atomic mass is 9.80. The Labute approximate surface area is 121 Å². The van der Waals surface area contributed by atoms with E-state index < -0.39 is 0 Å². The van der Waals surface area contributed by atoms with Crippen molar-refractivity contribution in [2.24, 2.45) is 11.8 Å². The van der Waals surface area contributed by atoms with Gasteiger partial charge in [-0.05, 0) is 55.9 Å². The smallest absolute Gasteiger partial charge is 0.314 e. The number of terminal acetylenes is 1. The van der Waals surface area contributed by atoms with Crippen molar-refractivity contribution in [1.29, 1.82) is 0 Å². The van der Waals surface area contributed by atoms with E-state index in [-0.39, 0.29) is 11.9 Å². The van der Waals surface area contributed by atoms with Crippen LogP contribution in [0, 0.1) is 24.2 Å². The highest BCUT2D eigenvalue weighted by Crippen LogP contribution is 2.32. The van der Waals surface area contributed by atoms with Crippen molar-refractivity contribution in [1.82, 2.24) is 0 Å². The maximum atomic E-state index is 12.1. The average Bonchev–Trinajstić information content (AvgIpc) is 2.49. The highest BCUT2D eigenvalue weighted by molar-refractivity contribution is 5.75. The summed E-state index contributed by atoms with van der Waals surface area (Å²) in [5.74, 6) is 3.92. The Morgan fingerprint density at radius 2 is 1.90 bits per heavy atom. The summed E-state index contributed by atoms with van der Waals surface area (Å²) in [4.78, 5) is 12.1. The van der Waals surface area contributed by atoms with Gasteiger partial charge in [-0.3, -0.25) is 4.79 Å². The minimum Gasteiger partial charge on any atom is -0.426 e. The Morgan fingerprint density at radius 1 is 1.25 bits per heavy atom. The topological polar surface area (TPSA) is 26.3 Å². The maximum absolute atomic E-state index is 12.1. The summed E-state index contributed by atoms with van der Waals surface area (Å²) in [6, 6.07) is 7.10. The highest BCUT2D eigenvalue weighted by Gasteiger charge is 2.27. The van der Waals surface area contributed by atoms with Crippen LogP contribution in [0.3, 0.4) is 0 Å². The Morgan fingerprint density at radius 3 is 2.45 bits per heavy atom. The quantitative estimate of drug-likeness (QED) is 0.466. The summed E-state index contributed by atoms with van der Waals surface area (Å²) in [6.07, 6.45) is 12.1. The molecule has 0 aliphatic heterocycles. The van der Waals surface area contributed by atoms with E-state index in [1.807, 2.05) is 0 Å². The number of benzene rings is 1. The van der Waals surface area contributed by atoms with Gasteiger partial charge >= 0.3 is 5.97 Å². The van der Waals surface area contributed by atoms with Gasteiger partial charge in [-0.1, -0.05) is 25.7 Å². The number of hydrogen-bond donors (Lipinski definition) is 0. The maximum Gasteiger partial charge on any atom is 0.314 e. The molecule has 0 atom stereocenters. The van der Waals surface area contributed by atoms with Crippen LogP contribution in [0.1, 0.15) is 51.0 Å². The van der Waals surface area contributed by atoms with Crippen LogP contribution >= 0.6 is 0 Å². The van der Waals surface area contributed by atoms with Gasteiger partial charge in [0.1, 0.15) is 5.75 Å². The number of esters is 1. The van der Waals surface area contributed by atoms with Gasteiger partial charge in [0, 0.05) is 5.56 Å². The molecule has 0 spiro atoms. The molecule has 0 radical (unpaired) electrons. The van der Waals surface area contributed by atoms with Gasteiger partial charge in [-0.15, -0.1) is 6.42 Å². The highest BCUT2D eigenvalue weighted by atomic mass is 16.5. The van der Waals surface area contributed by atoms with Gasteiger partial charge < -0.3 is 4.74 Å². The van der Waals surface area contributed by atoms with Gasteiger partial charge in [-0.2, -0.15) is 0 Å². The molecule has 0 saturated heterocycles. The van der Waals surface area contributed by atoms with Gasteiger partial charge in [0.2, 0.25) is 0 Å². The second-order valence-corrected chi connectivity index (χ2v) is 5.60. The predicted octanol–water partition coefficient (Wildman–Crippen LogP) is 4.18. The molecule has 1 saturated carbocycles. The summed E-state index contributed by atoms with van der Waals surface area (Å²) in [6.45, 7) is 2.22. The van der Waals surface area contributed by atoms with Crippen molar-refractivity contribution in [3.8, 4) is 18.1 Å². The fraction of sp³-hybridized carbons (Fsp3) is 0.500. The molecule has 1 fully saturated rings. The molecule has 0 aromatic heterocycles. The SMILES string of the molecule is C#Cc1ccc(OC(=O)C2CCC(CCC)CC2)cc1.